The molecule has 1 fully saturated rings. The topological polar surface area (TPSA) is 87.3 Å². The minimum Gasteiger partial charge on any atom is -0.349 e. The summed E-state index contributed by atoms with van der Waals surface area (Å²) in [6.07, 6.45) is 2.27. The third-order valence-electron chi connectivity index (χ3n) is 8.22. The number of alkyl halides is 3. The summed E-state index contributed by atoms with van der Waals surface area (Å²) in [5.74, 6) is -1.11. The number of fused-ring (bicyclic) bond motifs is 1. The van der Waals surface area contributed by atoms with Crippen molar-refractivity contribution in [2.45, 2.75) is 87.1 Å². The second kappa shape index (κ2) is 13.2. The smallest absolute Gasteiger partial charge is 0.349 e. The average Bonchev–Trinajstić information content (AvgIpc) is 3.49. The number of amides is 1. The van der Waals surface area contributed by atoms with Gasteiger partial charge < -0.3 is 10.6 Å². The van der Waals surface area contributed by atoms with E-state index >= 15 is 0 Å². The number of carbonyl (C=O) groups is 1. The van der Waals surface area contributed by atoms with Crippen LogP contribution in [-0.4, -0.2) is 20.4 Å². The van der Waals surface area contributed by atoms with Crippen molar-refractivity contribution >= 4 is 15.9 Å². The highest BCUT2D eigenvalue weighted by molar-refractivity contribution is 7.89. The molecule has 0 radical (unpaired) electrons. The van der Waals surface area contributed by atoms with Crippen molar-refractivity contribution in [3.8, 4) is 0 Å². The Labute approximate surface area is 249 Å². The first kappa shape index (κ1) is 31.2. The monoisotopic (exact) mass is 617 g/mol. The van der Waals surface area contributed by atoms with Gasteiger partial charge in [-0.15, -0.1) is 0 Å². The number of hydrogen-bond donors (Lipinski definition) is 3. The molecule has 3 aromatic carbocycles. The largest absolute Gasteiger partial charge is 0.416 e. The highest BCUT2D eigenvalue weighted by atomic mass is 32.2. The number of sulfonamides is 1. The van der Waals surface area contributed by atoms with Crippen molar-refractivity contribution in [2.75, 3.05) is 0 Å². The van der Waals surface area contributed by atoms with Gasteiger partial charge in [-0.2, -0.15) is 13.2 Å². The predicted octanol–water partition coefficient (Wildman–Crippen LogP) is 6.48. The van der Waals surface area contributed by atoms with Gasteiger partial charge in [-0.1, -0.05) is 49.2 Å². The summed E-state index contributed by atoms with van der Waals surface area (Å²) in [6, 6.07) is 13.8. The molecule has 1 saturated carbocycles. The van der Waals surface area contributed by atoms with Crippen LogP contribution in [0.4, 0.5) is 17.6 Å². The van der Waals surface area contributed by atoms with Crippen molar-refractivity contribution < 1.29 is 30.8 Å². The number of aryl methyl sites for hydroxylation is 1. The van der Waals surface area contributed by atoms with Gasteiger partial charge in [-0.25, -0.2) is 17.5 Å². The molecule has 0 heterocycles. The van der Waals surface area contributed by atoms with Gasteiger partial charge in [-0.3, -0.25) is 4.79 Å². The van der Waals surface area contributed by atoms with E-state index in [0.29, 0.717) is 18.5 Å². The molecule has 3 N–H and O–H groups in total. The van der Waals surface area contributed by atoms with Gasteiger partial charge in [0.15, 0.2) is 0 Å². The second-order valence-corrected chi connectivity index (χ2v) is 13.1. The van der Waals surface area contributed by atoms with Crippen LogP contribution < -0.4 is 15.4 Å². The van der Waals surface area contributed by atoms with Gasteiger partial charge in [0.25, 0.3) is 0 Å². The van der Waals surface area contributed by atoms with Gasteiger partial charge in [0.05, 0.1) is 22.5 Å². The van der Waals surface area contributed by atoms with E-state index in [2.05, 4.69) is 27.5 Å². The van der Waals surface area contributed by atoms with Gasteiger partial charge in [0, 0.05) is 19.0 Å². The van der Waals surface area contributed by atoms with Crippen LogP contribution in [0.25, 0.3) is 0 Å². The van der Waals surface area contributed by atoms with Crippen molar-refractivity contribution in [1.82, 2.24) is 15.4 Å². The first-order chi connectivity index (χ1) is 20.5. The van der Waals surface area contributed by atoms with Gasteiger partial charge in [0.2, 0.25) is 15.9 Å². The molecule has 0 saturated heterocycles. The molecule has 11 heteroatoms. The van der Waals surface area contributed by atoms with Crippen LogP contribution >= 0.6 is 0 Å². The molecule has 1 amide bonds. The van der Waals surface area contributed by atoms with Crippen LogP contribution in [0.3, 0.4) is 0 Å². The third kappa shape index (κ3) is 8.01. The molecule has 6 nitrogen and oxygen atoms in total. The first-order valence-corrected chi connectivity index (χ1v) is 16.1. The average molecular weight is 618 g/mol. The summed E-state index contributed by atoms with van der Waals surface area (Å²) in [5.41, 5.74) is 2.41. The molecule has 0 aliphatic heterocycles. The summed E-state index contributed by atoms with van der Waals surface area (Å²) >= 11 is 0. The Balaban J connectivity index is 1.31. The predicted molar refractivity (Wildman–Crippen MR) is 155 cm³/mol. The zero-order valence-corrected chi connectivity index (χ0v) is 24.4. The van der Waals surface area contributed by atoms with Crippen LogP contribution in [0.5, 0.6) is 0 Å². The molecule has 3 aromatic rings. The Kier molecular flexibility index (Phi) is 9.53. The molecular weight excluding hydrogens is 582 g/mol. The molecule has 0 aromatic heterocycles. The summed E-state index contributed by atoms with van der Waals surface area (Å²) in [6.45, 7) is 0.788. The standard InChI is InChI=1S/C32H35F4N3O3S/c33-25-9-3-7-23(17-25)30(39-43(41,42)27-12-5-8-24(18-27)32(34,35)36)19-31(40)38-29-13-4-6-22-16-21(14-15-28(22)29)20-37-26-10-1-2-11-26/h3,5,7-9,12,14-18,26,29-30,37,39H,1-2,4,6,10-11,13,19-20H2,(H,38,40)/t29-,30-/m1/s1. The Morgan fingerprint density at radius 2 is 1.70 bits per heavy atom. The molecule has 2 aliphatic carbocycles. The minimum absolute atomic E-state index is 0.175. The third-order valence-corrected chi connectivity index (χ3v) is 9.69. The summed E-state index contributed by atoms with van der Waals surface area (Å²) < 4.78 is 82.5. The molecule has 43 heavy (non-hydrogen) atoms. The summed E-state index contributed by atoms with van der Waals surface area (Å²) in [4.78, 5) is 12.7. The number of rotatable bonds is 10. The molecule has 0 spiro atoms. The Bertz CT molecular complexity index is 1560. The Morgan fingerprint density at radius 1 is 0.930 bits per heavy atom. The van der Waals surface area contributed by atoms with E-state index in [-0.39, 0.29) is 18.0 Å². The lowest BCUT2D eigenvalue weighted by Gasteiger charge is -2.28. The Morgan fingerprint density at radius 3 is 2.44 bits per heavy atom. The molecule has 5 rings (SSSR count). The highest BCUT2D eigenvalue weighted by Gasteiger charge is 2.33. The SMILES string of the molecule is O=C(C[C@@H](NS(=O)(=O)c1cccc(C(F)(F)F)c1)c1cccc(F)c1)N[C@@H]1CCCc2cc(CNC3CCCC3)ccc21. The number of carbonyl (C=O) groups excluding carboxylic acids is 1. The minimum atomic E-state index is -4.74. The molecule has 2 atom stereocenters. The van der Waals surface area contributed by atoms with Gasteiger partial charge in [0.1, 0.15) is 5.82 Å². The molecule has 0 unspecified atom stereocenters. The normalized spacial score (nSPS) is 18.3. The number of benzene rings is 3. The molecule has 0 bridgehead atoms. The lowest BCUT2D eigenvalue weighted by Crippen LogP contribution is -2.36. The maximum Gasteiger partial charge on any atom is 0.416 e. The fraction of sp³-hybridized carbons (Fsp3) is 0.406. The summed E-state index contributed by atoms with van der Waals surface area (Å²) in [5, 5.41) is 6.63. The van der Waals surface area contributed by atoms with Crippen LogP contribution in [0.2, 0.25) is 0 Å². The maximum absolute atomic E-state index is 14.1. The van der Waals surface area contributed by atoms with Crippen molar-refractivity contribution in [1.29, 1.82) is 0 Å². The van der Waals surface area contributed by atoms with E-state index in [1.165, 1.54) is 49.4 Å². The molecule has 2 aliphatic rings. The molecule has 230 valence electrons. The van der Waals surface area contributed by atoms with Crippen LogP contribution in [0.1, 0.15) is 84.8 Å². The van der Waals surface area contributed by atoms with Crippen LogP contribution in [0.15, 0.2) is 71.6 Å². The summed E-state index contributed by atoms with van der Waals surface area (Å²) in [7, 11) is -4.51. The van der Waals surface area contributed by atoms with E-state index in [4.69, 9.17) is 0 Å². The van der Waals surface area contributed by atoms with Crippen LogP contribution in [-0.2, 0) is 34.0 Å². The van der Waals surface area contributed by atoms with Crippen LogP contribution in [0, 0.1) is 5.82 Å². The van der Waals surface area contributed by atoms with Gasteiger partial charge in [-0.05, 0) is 84.7 Å². The fourth-order valence-corrected chi connectivity index (χ4v) is 7.27. The van der Waals surface area contributed by atoms with E-state index in [9.17, 15) is 30.8 Å². The van der Waals surface area contributed by atoms with Crippen molar-refractivity contribution in [2.24, 2.45) is 0 Å². The van der Waals surface area contributed by atoms with E-state index < -0.39 is 44.4 Å². The number of halogens is 4. The Hall–Kier alpha value is -3.28. The number of nitrogens with one attached hydrogen (secondary N) is 3. The van der Waals surface area contributed by atoms with E-state index in [0.717, 1.165) is 54.8 Å². The van der Waals surface area contributed by atoms with Gasteiger partial charge >= 0.3 is 6.18 Å². The lowest BCUT2D eigenvalue weighted by atomic mass is 9.86. The lowest BCUT2D eigenvalue weighted by molar-refractivity contribution is -0.137. The first-order valence-electron chi connectivity index (χ1n) is 14.6. The zero-order valence-electron chi connectivity index (χ0n) is 23.6. The highest BCUT2D eigenvalue weighted by Crippen LogP contribution is 2.33. The van der Waals surface area contributed by atoms with E-state index in [1.54, 1.807) is 0 Å². The van der Waals surface area contributed by atoms with Crippen molar-refractivity contribution in [3.63, 3.8) is 0 Å². The van der Waals surface area contributed by atoms with Crippen molar-refractivity contribution in [3.05, 3.63) is 100 Å². The molecular formula is C32H35F4N3O3S. The quantitative estimate of drug-likeness (QED) is 0.227. The zero-order chi connectivity index (χ0) is 30.6. The van der Waals surface area contributed by atoms with E-state index in [1.807, 2.05) is 6.07 Å². The number of hydrogen-bond acceptors (Lipinski definition) is 4. The maximum atomic E-state index is 14.1. The second-order valence-electron chi connectivity index (χ2n) is 11.4. The fourth-order valence-electron chi connectivity index (χ4n) is 6.00.